The Balaban J connectivity index is 0.00000306. The first-order valence-corrected chi connectivity index (χ1v) is 14.1. The van der Waals surface area contributed by atoms with Gasteiger partial charge in [-0.2, -0.15) is 0 Å². The van der Waals surface area contributed by atoms with Gasteiger partial charge in [0.1, 0.15) is 0 Å². The van der Waals surface area contributed by atoms with E-state index >= 15 is 0 Å². The summed E-state index contributed by atoms with van der Waals surface area (Å²) in [6.07, 6.45) is 14.9. The SMILES string of the molecule is [Al+3].[H-].[H-].[H-].[Li][C@H]1C[C@H](CN)[C@]2(C)C3=C(CC[C@H]2C1(C)C)C1=CC[C@H]([C@H](C)CCCC(C)C)[C@@]1(C)CC3. The molecule has 0 bridgehead atoms. The summed E-state index contributed by atoms with van der Waals surface area (Å²) < 4.78 is 0.770. The first-order chi connectivity index (χ1) is 15.0. The van der Waals surface area contributed by atoms with Gasteiger partial charge in [0.25, 0.3) is 0 Å². The van der Waals surface area contributed by atoms with Gasteiger partial charge in [0, 0.05) is 0 Å². The fourth-order valence-corrected chi connectivity index (χ4v) is 9.35. The maximum atomic E-state index is 6.49. The minimum atomic E-state index is 0. The Bertz CT molecular complexity index is 797. The first-order valence-electron chi connectivity index (χ1n) is 14.1. The van der Waals surface area contributed by atoms with Gasteiger partial charge in [-0.1, -0.05) is 20.3 Å². The molecule has 0 aromatic heterocycles. The van der Waals surface area contributed by atoms with Crippen LogP contribution < -0.4 is 5.73 Å². The third-order valence-electron chi connectivity index (χ3n) is 11.7. The van der Waals surface area contributed by atoms with Crippen LogP contribution in [0.3, 0.4) is 0 Å². The van der Waals surface area contributed by atoms with Crippen LogP contribution in [0.1, 0.15) is 111 Å². The van der Waals surface area contributed by atoms with E-state index < -0.39 is 0 Å². The monoisotopic (exact) mass is 461 g/mol. The van der Waals surface area contributed by atoms with E-state index in [9.17, 15) is 0 Å². The van der Waals surface area contributed by atoms with Crippen LogP contribution in [0.2, 0.25) is 4.59 Å². The van der Waals surface area contributed by atoms with Crippen LogP contribution in [0.15, 0.2) is 22.8 Å². The third kappa shape index (κ3) is 4.46. The van der Waals surface area contributed by atoms with Gasteiger partial charge in [0.05, 0.1) is 0 Å². The van der Waals surface area contributed by atoms with Gasteiger partial charge in [-0.3, -0.25) is 0 Å². The van der Waals surface area contributed by atoms with Crippen molar-refractivity contribution in [2.24, 2.45) is 51.6 Å². The molecule has 3 heteroatoms. The molecule has 0 unspecified atom stereocenters. The molecule has 0 aromatic carbocycles. The maximum absolute atomic E-state index is 6.49. The number of rotatable bonds is 6. The van der Waals surface area contributed by atoms with Crippen molar-refractivity contribution in [1.82, 2.24) is 0 Å². The van der Waals surface area contributed by atoms with Gasteiger partial charge < -0.3 is 4.28 Å². The molecular weight excluding hydrogens is 408 g/mol. The van der Waals surface area contributed by atoms with Crippen LogP contribution in [0.25, 0.3) is 0 Å². The van der Waals surface area contributed by atoms with Gasteiger partial charge in [0.15, 0.2) is 0 Å². The third-order valence-corrected chi connectivity index (χ3v) is 11.7. The Morgan fingerprint density at radius 2 is 1.82 bits per heavy atom. The fraction of sp³-hybridized carbons (Fsp3) is 0.867. The second-order valence-electron chi connectivity index (χ2n) is 13.9. The van der Waals surface area contributed by atoms with Crippen molar-refractivity contribution < 1.29 is 4.28 Å². The minimum absolute atomic E-state index is 0. The Labute approximate surface area is 230 Å². The summed E-state index contributed by atoms with van der Waals surface area (Å²) in [6, 6.07) is 0. The molecule has 0 radical (unpaired) electrons. The zero-order valence-electron chi connectivity index (χ0n) is 26.3. The fourth-order valence-electron chi connectivity index (χ4n) is 9.35. The summed E-state index contributed by atoms with van der Waals surface area (Å²) in [5.41, 5.74) is 13.1. The van der Waals surface area contributed by atoms with Crippen molar-refractivity contribution in [2.45, 2.75) is 111 Å². The molecule has 0 amide bonds. The standard InChI is InChI=1S/C30H50N.Al.Li.3H/c1-20(2)9-8-10-21(3)24-12-13-25-23-11-14-27-28(4,5)17-15-22(19-31)30(27,7)26(23)16-18-29(24,25)6;;;;;/h13,17,20-22,24,27H,8-12,14-16,18-19,31H2,1-7H3;;;;;/q;+3;;3*-1/t21-,22-,24-,27+,29-,30-;;;;;/m1...../s1. The van der Waals surface area contributed by atoms with Crippen molar-refractivity contribution in [2.75, 3.05) is 6.54 Å². The second kappa shape index (κ2) is 10.1. The number of hydrogen-bond acceptors (Lipinski definition) is 1. The molecule has 1 saturated carbocycles. The van der Waals surface area contributed by atoms with E-state index in [4.69, 9.17) is 5.73 Å². The predicted octanol–water partition coefficient (Wildman–Crippen LogP) is 7.83. The van der Waals surface area contributed by atoms with E-state index in [0.29, 0.717) is 22.2 Å². The van der Waals surface area contributed by atoms with Crippen LogP contribution in [0.5, 0.6) is 0 Å². The summed E-state index contributed by atoms with van der Waals surface area (Å²) in [5.74, 6) is 3.96. The zero-order valence-corrected chi connectivity index (χ0v) is 24.4. The Kier molecular flexibility index (Phi) is 8.65. The Morgan fingerprint density at radius 1 is 1.12 bits per heavy atom. The van der Waals surface area contributed by atoms with Crippen LogP contribution in [0.4, 0.5) is 0 Å². The van der Waals surface area contributed by atoms with Crippen molar-refractivity contribution in [3.8, 4) is 0 Å². The molecule has 4 aliphatic rings. The van der Waals surface area contributed by atoms with E-state index in [0.717, 1.165) is 34.8 Å². The number of allylic oxidation sites excluding steroid dienone is 4. The van der Waals surface area contributed by atoms with Gasteiger partial charge in [-0.15, -0.1) is 0 Å². The molecule has 182 valence electrons. The zero-order chi connectivity index (χ0) is 23.5. The van der Waals surface area contributed by atoms with Gasteiger partial charge in [-0.25, -0.2) is 0 Å². The van der Waals surface area contributed by atoms with E-state index in [1.54, 1.807) is 11.1 Å². The summed E-state index contributed by atoms with van der Waals surface area (Å²) in [5, 5.41) is 0. The van der Waals surface area contributed by atoms with Crippen LogP contribution in [-0.4, -0.2) is 41.6 Å². The summed E-state index contributed by atoms with van der Waals surface area (Å²) in [6.45, 7) is 18.6. The molecule has 2 N–H and O–H groups in total. The molecule has 0 spiro atoms. The Hall–Kier alpha value is 0.570. The molecule has 0 saturated heterocycles. The molecule has 0 aliphatic heterocycles. The van der Waals surface area contributed by atoms with E-state index in [2.05, 4.69) is 72.3 Å². The second-order valence-corrected chi connectivity index (χ2v) is 13.9. The van der Waals surface area contributed by atoms with Gasteiger partial charge in [-0.05, 0) is 5.92 Å². The molecule has 0 aromatic rings. The molecule has 33 heavy (non-hydrogen) atoms. The van der Waals surface area contributed by atoms with Crippen molar-refractivity contribution in [3.05, 3.63) is 22.8 Å². The molecule has 7 atom stereocenters. The number of fused-ring (bicyclic) bond motifs is 4. The normalized spacial score (nSPS) is 40.5. The predicted molar refractivity (Wildman–Crippen MR) is 149 cm³/mol. The molecular formula is C30H53AlLiN. The van der Waals surface area contributed by atoms with Crippen LogP contribution in [-0.2, 0) is 0 Å². The molecule has 4 aliphatic carbocycles. The van der Waals surface area contributed by atoms with Crippen LogP contribution in [0, 0.1) is 45.8 Å². The average Bonchev–Trinajstić information content (AvgIpc) is 3.08. The number of hydrogen-bond donors (Lipinski definition) is 1. The topological polar surface area (TPSA) is 26.0 Å². The molecule has 4 rings (SSSR count). The Morgan fingerprint density at radius 3 is 2.45 bits per heavy atom. The van der Waals surface area contributed by atoms with E-state index in [-0.39, 0.29) is 21.6 Å². The van der Waals surface area contributed by atoms with E-state index in [1.165, 1.54) is 57.8 Å². The summed E-state index contributed by atoms with van der Waals surface area (Å²) in [4.78, 5) is 0. The van der Waals surface area contributed by atoms with Crippen molar-refractivity contribution in [1.29, 1.82) is 0 Å². The quantitative estimate of drug-likeness (QED) is 0.401. The molecule has 0 heterocycles. The molecule has 1 nitrogen and oxygen atoms in total. The van der Waals surface area contributed by atoms with Crippen molar-refractivity contribution >= 4 is 35.1 Å². The van der Waals surface area contributed by atoms with Crippen molar-refractivity contribution in [3.63, 3.8) is 0 Å². The van der Waals surface area contributed by atoms with E-state index in [1.807, 2.05) is 5.57 Å². The molecule has 1 fully saturated rings. The average molecular weight is 462 g/mol. The van der Waals surface area contributed by atoms with Gasteiger partial charge in [0.2, 0.25) is 0 Å². The van der Waals surface area contributed by atoms with Gasteiger partial charge >= 0.3 is 201 Å². The number of nitrogens with two attached hydrogens (primary N) is 1. The van der Waals surface area contributed by atoms with Crippen LogP contribution >= 0.6 is 0 Å². The summed E-state index contributed by atoms with van der Waals surface area (Å²) in [7, 11) is 0. The first kappa shape index (κ1) is 28.1. The summed E-state index contributed by atoms with van der Waals surface area (Å²) >= 11 is 2.49.